The second-order valence-corrected chi connectivity index (χ2v) is 4.75. The quantitative estimate of drug-likeness (QED) is 0.548. The number of hydrogen-bond donors (Lipinski definition) is 2. The maximum Gasteiger partial charge on any atom is 0.332 e. The summed E-state index contributed by atoms with van der Waals surface area (Å²) in [6.45, 7) is 3.53. The Morgan fingerprint density at radius 3 is 2.43 bits per heavy atom. The summed E-state index contributed by atoms with van der Waals surface area (Å²) in [5.74, 6) is 4.75. The Bertz CT molecular complexity index is 294. The molecule has 0 saturated carbocycles. The van der Waals surface area contributed by atoms with Crippen LogP contribution in [0.5, 0.6) is 0 Å². The second-order valence-electron chi connectivity index (χ2n) is 3.10. The van der Waals surface area contributed by atoms with Gasteiger partial charge in [-0.05, 0) is 0 Å². The van der Waals surface area contributed by atoms with Gasteiger partial charge in [-0.15, -0.1) is 11.8 Å². The highest BCUT2D eigenvalue weighted by molar-refractivity contribution is 7.52. The van der Waals surface area contributed by atoms with Gasteiger partial charge in [-0.25, -0.2) is 0 Å². The van der Waals surface area contributed by atoms with Gasteiger partial charge < -0.3 is 9.79 Å². The topological polar surface area (TPSA) is 74.6 Å². The summed E-state index contributed by atoms with van der Waals surface area (Å²) in [5, 5.41) is 0. The molecule has 0 aromatic carbocycles. The number of hydrogen-bond acceptors (Lipinski definition) is 2. The average molecular weight is 218 g/mol. The zero-order valence-corrected chi connectivity index (χ0v) is 9.25. The van der Waals surface area contributed by atoms with Crippen molar-refractivity contribution >= 4 is 13.4 Å². The lowest BCUT2D eigenvalue weighted by molar-refractivity contribution is -0.119. The highest BCUT2D eigenvalue weighted by Crippen LogP contribution is 2.34. The van der Waals surface area contributed by atoms with Gasteiger partial charge in [-0.2, -0.15) is 0 Å². The minimum absolute atomic E-state index is 0.368. The molecule has 0 aliphatic heterocycles. The Morgan fingerprint density at radius 1 is 1.43 bits per heavy atom. The summed E-state index contributed by atoms with van der Waals surface area (Å²) in [7, 11) is -4.21. The van der Waals surface area contributed by atoms with Crippen LogP contribution in [-0.4, -0.2) is 21.7 Å². The summed E-state index contributed by atoms with van der Waals surface area (Å²) in [6, 6.07) is 0. The monoisotopic (exact) mass is 218 g/mol. The Balaban J connectivity index is 4.07. The summed E-state index contributed by atoms with van der Waals surface area (Å²) in [5.41, 5.74) is 0. The fourth-order valence-corrected chi connectivity index (χ4v) is 1.54. The van der Waals surface area contributed by atoms with Crippen LogP contribution in [0.1, 0.15) is 26.7 Å². The molecule has 0 rings (SSSR count). The average Bonchev–Trinajstić information content (AvgIpc) is 2.01. The molecule has 4 nitrogen and oxygen atoms in total. The molecule has 0 radical (unpaired) electrons. The normalized spacial score (nSPS) is 12.9. The molecular weight excluding hydrogens is 203 g/mol. The molecule has 1 atom stereocenters. The third kappa shape index (κ3) is 6.85. The van der Waals surface area contributed by atoms with Gasteiger partial charge in [0, 0.05) is 18.8 Å². The van der Waals surface area contributed by atoms with Crippen molar-refractivity contribution < 1.29 is 19.1 Å². The molecular formula is C9H15O4P. The van der Waals surface area contributed by atoms with Crippen molar-refractivity contribution in [1.82, 2.24) is 0 Å². The first-order chi connectivity index (χ1) is 6.37. The van der Waals surface area contributed by atoms with Crippen LogP contribution in [0, 0.1) is 17.8 Å². The van der Waals surface area contributed by atoms with E-state index in [0.717, 1.165) is 6.42 Å². The first kappa shape index (κ1) is 13.4. The smallest absolute Gasteiger partial charge is 0.324 e. The summed E-state index contributed by atoms with van der Waals surface area (Å²) < 4.78 is 10.5. The van der Waals surface area contributed by atoms with Crippen molar-refractivity contribution in [3.05, 3.63) is 0 Å². The van der Waals surface area contributed by atoms with Gasteiger partial charge in [-0.1, -0.05) is 13.8 Å². The maximum absolute atomic E-state index is 11.2. The van der Waals surface area contributed by atoms with Crippen molar-refractivity contribution in [2.45, 2.75) is 26.7 Å². The van der Waals surface area contributed by atoms with E-state index in [1.807, 2.05) is 6.92 Å². The molecule has 0 amide bonds. The van der Waals surface area contributed by atoms with Gasteiger partial charge >= 0.3 is 7.60 Å². The minimum Gasteiger partial charge on any atom is -0.324 e. The molecule has 80 valence electrons. The SMILES string of the molecule is CCC#CC[C@H](C)C(=O)CP(=O)(O)O. The molecule has 0 unspecified atom stereocenters. The molecule has 5 heteroatoms. The van der Waals surface area contributed by atoms with Crippen molar-refractivity contribution in [3.63, 3.8) is 0 Å². The fourth-order valence-electron chi connectivity index (χ4n) is 0.823. The van der Waals surface area contributed by atoms with E-state index in [0.29, 0.717) is 6.42 Å². The second kappa shape index (κ2) is 5.98. The van der Waals surface area contributed by atoms with Crippen molar-refractivity contribution in [3.8, 4) is 11.8 Å². The number of carbonyl (C=O) groups excluding carboxylic acids is 1. The molecule has 0 aliphatic carbocycles. The Kier molecular flexibility index (Phi) is 5.71. The molecule has 0 bridgehead atoms. The van der Waals surface area contributed by atoms with Gasteiger partial charge in [-0.3, -0.25) is 9.36 Å². The number of carbonyl (C=O) groups is 1. The Labute approximate surface area is 83.9 Å². The van der Waals surface area contributed by atoms with E-state index < -0.39 is 25.5 Å². The van der Waals surface area contributed by atoms with E-state index in [2.05, 4.69) is 11.8 Å². The summed E-state index contributed by atoms with van der Waals surface area (Å²) >= 11 is 0. The van der Waals surface area contributed by atoms with Crippen molar-refractivity contribution in [2.75, 3.05) is 6.16 Å². The van der Waals surface area contributed by atoms with Gasteiger partial charge in [0.1, 0.15) is 11.9 Å². The fraction of sp³-hybridized carbons (Fsp3) is 0.667. The molecule has 2 N–H and O–H groups in total. The summed E-state index contributed by atoms with van der Waals surface area (Å²) in [6.07, 6.45) is 0.411. The lowest BCUT2D eigenvalue weighted by Gasteiger charge is -2.07. The van der Waals surface area contributed by atoms with Crippen LogP contribution in [0.2, 0.25) is 0 Å². The Morgan fingerprint density at radius 2 is 2.00 bits per heavy atom. The van der Waals surface area contributed by atoms with Crippen LogP contribution in [0.3, 0.4) is 0 Å². The molecule has 0 heterocycles. The zero-order chi connectivity index (χ0) is 11.2. The van der Waals surface area contributed by atoms with Crippen LogP contribution in [0.25, 0.3) is 0 Å². The molecule has 0 aliphatic rings. The lowest BCUT2D eigenvalue weighted by Crippen LogP contribution is -2.14. The van der Waals surface area contributed by atoms with E-state index in [1.54, 1.807) is 6.92 Å². The van der Waals surface area contributed by atoms with E-state index >= 15 is 0 Å². The predicted molar refractivity (Wildman–Crippen MR) is 53.8 cm³/mol. The standard InChI is InChI=1S/C9H15O4P/c1-3-4-5-6-8(2)9(10)7-14(11,12)13/h8H,3,6-7H2,1-2H3,(H2,11,12,13)/t8-/m0/s1. The largest absolute Gasteiger partial charge is 0.332 e. The molecule has 0 aromatic rings. The molecule has 0 spiro atoms. The van der Waals surface area contributed by atoms with Crippen LogP contribution in [-0.2, 0) is 9.36 Å². The van der Waals surface area contributed by atoms with E-state index in [1.165, 1.54) is 0 Å². The van der Waals surface area contributed by atoms with Crippen LogP contribution >= 0.6 is 7.60 Å². The van der Waals surface area contributed by atoms with E-state index in [-0.39, 0.29) is 0 Å². The minimum atomic E-state index is -4.21. The van der Waals surface area contributed by atoms with Crippen molar-refractivity contribution in [1.29, 1.82) is 0 Å². The van der Waals surface area contributed by atoms with Crippen LogP contribution < -0.4 is 0 Å². The molecule has 14 heavy (non-hydrogen) atoms. The molecule has 0 saturated heterocycles. The summed E-state index contributed by atoms with van der Waals surface area (Å²) in [4.78, 5) is 28.3. The molecule has 0 aromatic heterocycles. The highest BCUT2D eigenvalue weighted by atomic mass is 31.2. The van der Waals surface area contributed by atoms with E-state index in [4.69, 9.17) is 9.79 Å². The van der Waals surface area contributed by atoms with Gasteiger partial charge in [0.05, 0.1) is 0 Å². The van der Waals surface area contributed by atoms with Crippen LogP contribution in [0.15, 0.2) is 0 Å². The first-order valence-electron chi connectivity index (χ1n) is 4.39. The number of Topliss-reactive ketones (excluding diaryl/α,β-unsaturated/α-hetero) is 1. The third-order valence-electron chi connectivity index (χ3n) is 1.62. The van der Waals surface area contributed by atoms with E-state index in [9.17, 15) is 9.36 Å². The number of ketones is 1. The van der Waals surface area contributed by atoms with Crippen LogP contribution in [0.4, 0.5) is 0 Å². The predicted octanol–water partition coefficient (Wildman–Crippen LogP) is 1.17. The highest BCUT2D eigenvalue weighted by Gasteiger charge is 2.22. The molecule has 0 fully saturated rings. The maximum atomic E-state index is 11.2. The van der Waals surface area contributed by atoms with Gasteiger partial charge in [0.15, 0.2) is 0 Å². The van der Waals surface area contributed by atoms with Crippen molar-refractivity contribution in [2.24, 2.45) is 5.92 Å². The zero-order valence-electron chi connectivity index (χ0n) is 8.36. The number of rotatable bonds is 4. The Hall–Kier alpha value is -0.620. The lowest BCUT2D eigenvalue weighted by atomic mass is 10.0. The third-order valence-corrected chi connectivity index (χ3v) is 2.35. The van der Waals surface area contributed by atoms with Gasteiger partial charge in [0.25, 0.3) is 0 Å². The van der Waals surface area contributed by atoms with Gasteiger partial charge in [0.2, 0.25) is 0 Å². The first-order valence-corrected chi connectivity index (χ1v) is 6.19.